The van der Waals surface area contributed by atoms with Crippen molar-refractivity contribution in [2.24, 2.45) is 5.92 Å². The normalized spacial score (nSPS) is 20.8. The van der Waals surface area contributed by atoms with Crippen LogP contribution in [0, 0.1) is 5.92 Å². The monoisotopic (exact) mass is 729 g/mol. The third kappa shape index (κ3) is 7.99. The summed E-state index contributed by atoms with van der Waals surface area (Å²) in [5, 5.41) is 8.92. The molecule has 0 spiro atoms. The number of thiophene rings is 1. The quantitative estimate of drug-likeness (QED) is 0.278. The number of hydrogen-bond donors (Lipinski definition) is 3. The molecule has 1 aromatic heterocycles. The van der Waals surface area contributed by atoms with Crippen LogP contribution in [0.1, 0.15) is 54.4 Å². The molecule has 0 radical (unpaired) electrons. The Morgan fingerprint density at radius 3 is 2.06 bits per heavy atom. The fraction of sp³-hybridized carbons (Fsp3) is 0.606. The van der Waals surface area contributed by atoms with E-state index in [9.17, 15) is 40.7 Å². The largest absolute Gasteiger partial charge is 0.418 e. The molecule has 3 fully saturated rings. The molecule has 0 saturated carbocycles. The molecular weight excluding hydrogens is 688 g/mol. The van der Waals surface area contributed by atoms with E-state index in [1.165, 1.54) is 11.3 Å². The van der Waals surface area contributed by atoms with E-state index < -0.39 is 53.3 Å². The highest BCUT2D eigenvalue weighted by atomic mass is 32.1. The first-order valence-electron chi connectivity index (χ1n) is 16.9. The molecule has 4 amide bonds. The lowest BCUT2D eigenvalue weighted by Gasteiger charge is -2.41. The molecular formula is C33H41F6N7O3S. The average molecular weight is 730 g/mol. The van der Waals surface area contributed by atoms with Gasteiger partial charge in [-0.3, -0.25) is 19.8 Å². The molecule has 0 aliphatic carbocycles. The molecule has 2 aromatic rings. The molecule has 10 nitrogen and oxygen atoms in total. The van der Waals surface area contributed by atoms with Crippen LogP contribution in [0.4, 0.5) is 41.8 Å². The fourth-order valence-electron chi connectivity index (χ4n) is 7.64. The number of carbonyl (C=O) groups excluding carboxylic acids is 3. The third-order valence-electron chi connectivity index (χ3n) is 10.4. The first kappa shape index (κ1) is 36.2. The molecule has 0 bridgehead atoms. The predicted octanol–water partition coefficient (Wildman–Crippen LogP) is 4.85. The highest BCUT2D eigenvalue weighted by Gasteiger charge is 2.42. The first-order chi connectivity index (χ1) is 23.7. The number of benzene rings is 1. The SMILES string of the molecule is Nc1c(C(F)(F)F)cc(C[C@@H](CC(=O)N2CCC(N3Cc4ccsc4NC3=O)CC2)C(=O)N2CCC(N3CCNCC3)CC2)cc1C(F)(F)F. The van der Waals surface area contributed by atoms with Gasteiger partial charge < -0.3 is 25.8 Å². The summed E-state index contributed by atoms with van der Waals surface area (Å²) in [6.07, 6.45) is -8.88. The number of piperazine rings is 1. The van der Waals surface area contributed by atoms with E-state index in [1.807, 2.05) is 11.4 Å². The van der Waals surface area contributed by atoms with E-state index in [4.69, 9.17) is 5.73 Å². The number of urea groups is 1. The second-order valence-corrected chi connectivity index (χ2v) is 14.4. The molecule has 17 heteroatoms. The summed E-state index contributed by atoms with van der Waals surface area (Å²) in [7, 11) is 0. The van der Waals surface area contributed by atoms with Crippen molar-refractivity contribution in [1.82, 2.24) is 24.9 Å². The number of likely N-dealkylation sites (tertiary alicyclic amines) is 2. The standard InChI is InChI=1S/C33H41F6N7O3S/c34-32(35,36)25-16-20(17-26(28(25)40)33(37,38)39)15-22(30(48)45-10-1-23(2-11-45)43-12-6-41-7-13-43)18-27(47)44-8-3-24(4-9-44)46-19-21-5-14-50-29(21)42-31(46)49/h5,14,16-17,22-24,41H,1-4,6-13,15,18-19,40H2,(H,42,49)/t22-/m0/s1. The Morgan fingerprint density at radius 2 is 1.46 bits per heavy atom. The lowest BCUT2D eigenvalue weighted by atomic mass is 9.90. The van der Waals surface area contributed by atoms with Crippen LogP contribution in [0.3, 0.4) is 0 Å². The van der Waals surface area contributed by atoms with E-state index in [0.717, 1.165) is 36.7 Å². The molecule has 4 aliphatic rings. The summed E-state index contributed by atoms with van der Waals surface area (Å²) < 4.78 is 83.1. The molecule has 1 atom stereocenters. The number of fused-ring (bicyclic) bond motifs is 1. The van der Waals surface area contributed by atoms with Crippen molar-refractivity contribution >= 4 is 39.9 Å². The van der Waals surface area contributed by atoms with Crippen molar-refractivity contribution in [3.63, 3.8) is 0 Å². The molecule has 4 N–H and O–H groups in total. The number of nitrogen functional groups attached to an aromatic ring is 1. The molecule has 5 heterocycles. The Bertz CT molecular complexity index is 1530. The number of halogens is 6. The van der Waals surface area contributed by atoms with Gasteiger partial charge in [-0.25, -0.2) is 4.79 Å². The number of hydrogen-bond acceptors (Lipinski definition) is 7. The lowest BCUT2D eigenvalue weighted by Crippen LogP contribution is -2.53. The highest BCUT2D eigenvalue weighted by Crippen LogP contribution is 2.42. The van der Waals surface area contributed by atoms with Gasteiger partial charge in [-0.2, -0.15) is 26.3 Å². The van der Waals surface area contributed by atoms with E-state index in [0.29, 0.717) is 70.5 Å². The van der Waals surface area contributed by atoms with Gasteiger partial charge in [-0.05, 0) is 61.2 Å². The van der Waals surface area contributed by atoms with E-state index >= 15 is 0 Å². The fourth-order valence-corrected chi connectivity index (χ4v) is 8.44. The molecule has 50 heavy (non-hydrogen) atoms. The zero-order valence-electron chi connectivity index (χ0n) is 27.4. The van der Waals surface area contributed by atoms with Gasteiger partial charge in [0, 0.05) is 76.4 Å². The number of amides is 4. The predicted molar refractivity (Wildman–Crippen MR) is 175 cm³/mol. The summed E-state index contributed by atoms with van der Waals surface area (Å²) >= 11 is 1.45. The van der Waals surface area contributed by atoms with E-state index in [2.05, 4.69) is 15.5 Å². The number of rotatable bonds is 7. The van der Waals surface area contributed by atoms with Crippen LogP contribution < -0.4 is 16.4 Å². The van der Waals surface area contributed by atoms with Crippen molar-refractivity contribution < 1.29 is 40.7 Å². The van der Waals surface area contributed by atoms with Crippen molar-refractivity contribution in [2.75, 3.05) is 63.4 Å². The second kappa shape index (κ2) is 14.6. The van der Waals surface area contributed by atoms with Crippen molar-refractivity contribution in [3.8, 4) is 0 Å². The number of nitrogens with zero attached hydrogens (tertiary/aromatic N) is 4. The van der Waals surface area contributed by atoms with Crippen LogP contribution in [0.25, 0.3) is 0 Å². The van der Waals surface area contributed by atoms with Gasteiger partial charge in [0.05, 0.1) is 29.3 Å². The smallest absolute Gasteiger partial charge is 0.398 e. The summed E-state index contributed by atoms with van der Waals surface area (Å²) in [6.45, 7) is 5.26. The molecule has 3 saturated heterocycles. The Kier molecular flexibility index (Phi) is 10.6. The van der Waals surface area contributed by atoms with E-state index in [-0.39, 0.29) is 30.1 Å². The van der Waals surface area contributed by atoms with Gasteiger partial charge in [-0.15, -0.1) is 11.3 Å². The van der Waals surface area contributed by atoms with Crippen LogP contribution >= 0.6 is 11.3 Å². The highest BCUT2D eigenvalue weighted by molar-refractivity contribution is 7.14. The number of anilines is 2. The Hall–Kier alpha value is -3.57. The second-order valence-electron chi connectivity index (χ2n) is 13.5. The maximum Gasteiger partial charge on any atom is 0.418 e. The topological polar surface area (TPSA) is 114 Å². The van der Waals surface area contributed by atoms with Gasteiger partial charge in [0.25, 0.3) is 0 Å². The minimum Gasteiger partial charge on any atom is -0.398 e. The summed E-state index contributed by atoms with van der Waals surface area (Å²) in [4.78, 5) is 47.7. The van der Waals surface area contributed by atoms with Crippen molar-refractivity contribution in [1.29, 1.82) is 0 Å². The van der Waals surface area contributed by atoms with Gasteiger partial charge in [0.2, 0.25) is 11.8 Å². The molecule has 4 aliphatic heterocycles. The zero-order valence-corrected chi connectivity index (χ0v) is 28.2. The minimum atomic E-state index is -5.16. The van der Waals surface area contributed by atoms with Crippen molar-refractivity contribution in [2.45, 2.75) is 69.5 Å². The number of nitrogens with one attached hydrogen (secondary N) is 2. The number of piperidine rings is 2. The summed E-state index contributed by atoms with van der Waals surface area (Å²) in [6, 6.07) is 2.98. The Balaban J connectivity index is 1.18. The van der Waals surface area contributed by atoms with Gasteiger partial charge in [-0.1, -0.05) is 0 Å². The van der Waals surface area contributed by atoms with Crippen LogP contribution in [-0.2, 0) is 34.9 Å². The maximum absolute atomic E-state index is 14.0. The summed E-state index contributed by atoms with van der Waals surface area (Å²) in [5.74, 6) is -2.07. The Labute approximate surface area is 289 Å². The van der Waals surface area contributed by atoms with Gasteiger partial charge in [0.1, 0.15) is 5.00 Å². The van der Waals surface area contributed by atoms with Gasteiger partial charge >= 0.3 is 18.4 Å². The van der Waals surface area contributed by atoms with Crippen LogP contribution in [0.15, 0.2) is 23.6 Å². The van der Waals surface area contributed by atoms with E-state index in [1.54, 1.807) is 14.7 Å². The van der Waals surface area contributed by atoms with Crippen LogP contribution in [0.5, 0.6) is 0 Å². The van der Waals surface area contributed by atoms with Crippen LogP contribution in [-0.4, -0.2) is 102 Å². The Morgan fingerprint density at radius 1 is 0.880 bits per heavy atom. The van der Waals surface area contributed by atoms with Gasteiger partial charge in [0.15, 0.2) is 0 Å². The molecule has 6 rings (SSSR count). The first-order valence-corrected chi connectivity index (χ1v) is 17.8. The number of carbonyl (C=O) groups is 3. The molecule has 1 aromatic carbocycles. The van der Waals surface area contributed by atoms with Crippen molar-refractivity contribution in [3.05, 3.63) is 45.8 Å². The van der Waals surface area contributed by atoms with Crippen LogP contribution in [0.2, 0.25) is 0 Å². The third-order valence-corrected chi connectivity index (χ3v) is 11.2. The summed E-state index contributed by atoms with van der Waals surface area (Å²) in [5.41, 5.74) is 1.32. The minimum absolute atomic E-state index is 0.127. The lowest BCUT2D eigenvalue weighted by molar-refractivity contribution is -0.143. The number of alkyl halides is 6. The molecule has 274 valence electrons. The average Bonchev–Trinajstić information content (AvgIpc) is 3.54. The zero-order chi connectivity index (χ0) is 35.8. The number of nitrogens with two attached hydrogens (primary N) is 1. The molecule has 0 unspecified atom stereocenters. The maximum atomic E-state index is 14.0.